The van der Waals surface area contributed by atoms with Crippen LogP contribution >= 0.6 is 0 Å². The van der Waals surface area contributed by atoms with E-state index in [4.69, 9.17) is 4.74 Å². The first-order valence-corrected chi connectivity index (χ1v) is 8.70. The number of para-hydroxylation sites is 1. The largest absolute Gasteiger partial charge is 0.470 e. The Hall–Kier alpha value is -1.37. The number of benzene rings is 1. The smallest absolute Gasteiger partial charge is 0.409 e. The van der Waals surface area contributed by atoms with Crippen molar-refractivity contribution in [2.24, 2.45) is 0 Å². The molecule has 0 N–H and O–H groups in total. The van der Waals surface area contributed by atoms with Crippen molar-refractivity contribution in [1.29, 1.82) is 0 Å². The molecular weight excluding hydrogens is 341 g/mol. The maximum atomic E-state index is 15.8. The van der Waals surface area contributed by atoms with Crippen molar-refractivity contribution in [3.63, 3.8) is 0 Å². The number of hydrogen-bond acceptors (Lipinski definition) is 1. The van der Waals surface area contributed by atoms with Gasteiger partial charge in [0.25, 0.3) is 0 Å². The minimum atomic E-state index is -4.92. The molecule has 1 aliphatic heterocycles. The number of hydrogen-bond donors (Lipinski definition) is 0. The van der Waals surface area contributed by atoms with Gasteiger partial charge in [0.1, 0.15) is 5.75 Å². The summed E-state index contributed by atoms with van der Waals surface area (Å²) < 4.78 is 77.1. The Kier molecular flexibility index (Phi) is 5.66. The Morgan fingerprint density at radius 2 is 1.44 bits per heavy atom. The second-order valence-corrected chi connectivity index (χ2v) is 6.71. The van der Waals surface area contributed by atoms with Gasteiger partial charge in [0.15, 0.2) is 6.54 Å². The molecule has 142 valence electrons. The molecule has 1 atom stereocenters. The molecule has 0 bridgehead atoms. The van der Waals surface area contributed by atoms with Gasteiger partial charge in [0, 0.05) is 0 Å². The maximum absolute atomic E-state index is 15.8. The van der Waals surface area contributed by atoms with Crippen LogP contribution in [0.3, 0.4) is 0 Å². The molecular formula is C18H25F5NO+. The summed E-state index contributed by atoms with van der Waals surface area (Å²) in [5, 5.41) is 0. The zero-order chi connectivity index (χ0) is 18.8. The minimum Gasteiger partial charge on any atom is -0.409 e. The Morgan fingerprint density at radius 3 is 1.92 bits per heavy atom. The van der Waals surface area contributed by atoms with Gasteiger partial charge >= 0.3 is 17.8 Å². The molecule has 2 rings (SSSR count). The van der Waals surface area contributed by atoms with Gasteiger partial charge in [-0.05, 0) is 25.0 Å². The third kappa shape index (κ3) is 3.23. The molecule has 0 saturated carbocycles. The third-order valence-corrected chi connectivity index (χ3v) is 4.83. The molecule has 7 heteroatoms. The summed E-state index contributed by atoms with van der Waals surface area (Å²) in [4.78, 5) is 0. The molecule has 0 aliphatic carbocycles. The fourth-order valence-corrected chi connectivity index (χ4v) is 3.39. The molecule has 2 nitrogen and oxygen atoms in total. The topological polar surface area (TPSA) is 9.23 Å². The first-order valence-electron chi connectivity index (χ1n) is 8.70. The number of unbranched alkanes of at least 4 members (excludes halogenated alkanes) is 2. The molecule has 1 heterocycles. The molecule has 25 heavy (non-hydrogen) atoms. The molecule has 1 aromatic carbocycles. The molecule has 1 aromatic rings. The van der Waals surface area contributed by atoms with Crippen molar-refractivity contribution in [2.75, 3.05) is 19.6 Å². The van der Waals surface area contributed by atoms with E-state index in [1.807, 2.05) is 0 Å². The van der Waals surface area contributed by atoms with Crippen molar-refractivity contribution >= 4 is 0 Å². The average molecular weight is 366 g/mol. The molecule has 0 radical (unpaired) electrons. The third-order valence-electron chi connectivity index (χ3n) is 4.83. The Bertz CT molecular complexity index is 558. The van der Waals surface area contributed by atoms with E-state index in [-0.39, 0.29) is 18.8 Å². The molecule has 0 spiro atoms. The molecule has 1 saturated heterocycles. The van der Waals surface area contributed by atoms with Crippen LogP contribution in [-0.4, -0.2) is 41.9 Å². The van der Waals surface area contributed by atoms with Crippen LogP contribution in [0.5, 0.6) is 5.75 Å². The summed E-state index contributed by atoms with van der Waals surface area (Å²) in [5.41, 5.74) is 0. The first kappa shape index (κ1) is 19.9. The van der Waals surface area contributed by atoms with Crippen LogP contribution in [0.25, 0.3) is 0 Å². The molecule has 0 amide bonds. The van der Waals surface area contributed by atoms with Gasteiger partial charge < -0.3 is 4.74 Å². The summed E-state index contributed by atoms with van der Waals surface area (Å²) in [6.45, 7) is 2.11. The second kappa shape index (κ2) is 7.09. The van der Waals surface area contributed by atoms with Crippen LogP contribution in [0.4, 0.5) is 22.0 Å². The SMILES string of the molecule is CCCC[N+]1(CCCC)CC(F)(F)C(F)(F)C1(F)Oc1ccccc1. The highest BCUT2D eigenvalue weighted by molar-refractivity contribution is 5.22. The highest BCUT2D eigenvalue weighted by Gasteiger charge is 2.89. The van der Waals surface area contributed by atoms with Gasteiger partial charge in [-0.1, -0.05) is 44.9 Å². The lowest BCUT2D eigenvalue weighted by Gasteiger charge is -2.42. The van der Waals surface area contributed by atoms with Crippen molar-refractivity contribution in [2.45, 2.75) is 57.4 Å². The van der Waals surface area contributed by atoms with Gasteiger partial charge in [-0.3, -0.25) is 0 Å². The highest BCUT2D eigenvalue weighted by Crippen LogP contribution is 2.57. The van der Waals surface area contributed by atoms with E-state index in [2.05, 4.69) is 0 Å². The lowest BCUT2D eigenvalue weighted by molar-refractivity contribution is -1.01. The van der Waals surface area contributed by atoms with Crippen molar-refractivity contribution in [3.8, 4) is 5.75 Å². The van der Waals surface area contributed by atoms with E-state index in [1.54, 1.807) is 19.9 Å². The minimum absolute atomic E-state index is 0.120. The van der Waals surface area contributed by atoms with Gasteiger partial charge in [0.2, 0.25) is 0 Å². The number of rotatable bonds is 8. The van der Waals surface area contributed by atoms with Crippen LogP contribution in [-0.2, 0) is 0 Å². The van der Waals surface area contributed by atoms with E-state index in [9.17, 15) is 17.6 Å². The molecule has 1 aliphatic rings. The van der Waals surface area contributed by atoms with Crippen LogP contribution in [0.2, 0.25) is 0 Å². The Balaban J connectivity index is 2.52. The monoisotopic (exact) mass is 366 g/mol. The summed E-state index contributed by atoms with van der Waals surface area (Å²) in [6.07, 6.45) is 1.90. The van der Waals surface area contributed by atoms with Crippen molar-refractivity contribution < 1.29 is 31.2 Å². The summed E-state index contributed by atoms with van der Waals surface area (Å²) in [7, 11) is 0. The number of halogens is 5. The number of likely N-dealkylation sites (tertiary alicyclic amines) is 1. The van der Waals surface area contributed by atoms with Crippen LogP contribution in [0, 0.1) is 0 Å². The Morgan fingerprint density at radius 1 is 0.920 bits per heavy atom. The van der Waals surface area contributed by atoms with Gasteiger partial charge in [-0.15, -0.1) is 4.39 Å². The number of alkyl halides is 5. The zero-order valence-corrected chi connectivity index (χ0v) is 14.6. The van der Waals surface area contributed by atoms with E-state index >= 15 is 4.39 Å². The number of ether oxygens (including phenoxy) is 1. The van der Waals surface area contributed by atoms with E-state index in [0.717, 1.165) is 0 Å². The molecule has 1 fully saturated rings. The number of nitrogens with zero attached hydrogens (tertiary/aromatic N) is 1. The standard InChI is InChI=1S/C18H25F5NO/c1-3-5-12-24(13-6-4-2)14-16(19,20)17(21,22)18(24,23)25-15-10-8-7-9-11-15/h7-11H,3-6,12-14H2,1-2H3/q+1. The quantitative estimate of drug-likeness (QED) is 0.340. The fourth-order valence-electron chi connectivity index (χ4n) is 3.39. The van der Waals surface area contributed by atoms with E-state index < -0.39 is 28.9 Å². The van der Waals surface area contributed by atoms with Gasteiger partial charge in [-0.2, -0.15) is 17.6 Å². The molecule has 0 aromatic heterocycles. The van der Waals surface area contributed by atoms with E-state index in [0.29, 0.717) is 25.7 Å². The van der Waals surface area contributed by atoms with E-state index in [1.165, 1.54) is 24.3 Å². The lowest BCUT2D eigenvalue weighted by Crippen LogP contribution is -2.67. The molecule has 1 unspecified atom stereocenters. The number of quaternary nitrogens is 1. The van der Waals surface area contributed by atoms with Crippen LogP contribution < -0.4 is 4.74 Å². The maximum Gasteiger partial charge on any atom is 0.470 e. The van der Waals surface area contributed by atoms with Crippen molar-refractivity contribution in [3.05, 3.63) is 30.3 Å². The van der Waals surface area contributed by atoms with Gasteiger partial charge in [0.05, 0.1) is 13.1 Å². The Labute approximate surface area is 145 Å². The zero-order valence-electron chi connectivity index (χ0n) is 14.6. The normalized spacial score (nSPS) is 26.5. The predicted molar refractivity (Wildman–Crippen MR) is 85.5 cm³/mol. The lowest BCUT2D eigenvalue weighted by atomic mass is 10.1. The summed E-state index contributed by atoms with van der Waals surface area (Å²) >= 11 is 0. The average Bonchev–Trinajstić information content (AvgIpc) is 2.67. The van der Waals surface area contributed by atoms with Crippen LogP contribution in [0.1, 0.15) is 39.5 Å². The fraction of sp³-hybridized carbons (Fsp3) is 0.667. The predicted octanol–water partition coefficient (Wildman–Crippen LogP) is 5.39. The van der Waals surface area contributed by atoms with Gasteiger partial charge in [-0.25, -0.2) is 4.48 Å². The first-order chi connectivity index (χ1) is 11.7. The summed E-state index contributed by atoms with van der Waals surface area (Å²) in [5.74, 6) is -13.4. The highest BCUT2D eigenvalue weighted by atomic mass is 19.3. The van der Waals surface area contributed by atoms with Crippen molar-refractivity contribution in [1.82, 2.24) is 0 Å². The van der Waals surface area contributed by atoms with Crippen LogP contribution in [0.15, 0.2) is 30.3 Å². The summed E-state index contributed by atoms with van der Waals surface area (Å²) in [6, 6.07) is 7.16. The second-order valence-electron chi connectivity index (χ2n) is 6.71.